The zero-order chi connectivity index (χ0) is 18.1. The number of hydrogen-bond acceptors (Lipinski definition) is 3. The molecule has 0 aliphatic carbocycles. The highest BCUT2D eigenvalue weighted by Crippen LogP contribution is 2.60. The summed E-state index contributed by atoms with van der Waals surface area (Å²) in [5.41, 5.74) is 0. The molecule has 0 aromatic carbocycles. The highest BCUT2D eigenvalue weighted by Gasteiger charge is 2.42. The number of ether oxygens (including phenoxy) is 1. The largest absolute Gasteiger partial charge is 0.379 e. The standard InChI is InChI=1S/C17H41N2OPSi2/c1-16(2,3)21(17(4,5)6)15-22(7,8)18-23(9,10)19-11-13-20-14-12-19/h18H,11-15H2,1-10H3. The second-order valence-electron chi connectivity index (χ2n) is 10.1. The quantitative estimate of drug-likeness (QED) is 0.567. The van der Waals surface area contributed by atoms with Crippen molar-refractivity contribution >= 4 is 24.6 Å². The summed E-state index contributed by atoms with van der Waals surface area (Å²) in [6, 6.07) is 0. The van der Waals surface area contributed by atoms with Gasteiger partial charge in [0.05, 0.1) is 13.2 Å². The minimum Gasteiger partial charge on any atom is -0.379 e. The molecule has 0 saturated carbocycles. The van der Waals surface area contributed by atoms with Crippen molar-refractivity contribution < 1.29 is 4.74 Å². The first-order valence-electron chi connectivity index (χ1n) is 9.05. The Morgan fingerprint density at radius 3 is 1.74 bits per heavy atom. The summed E-state index contributed by atoms with van der Waals surface area (Å²) in [5, 5.41) is 0.842. The molecule has 0 radical (unpaired) electrons. The number of rotatable bonds is 5. The molecule has 3 nitrogen and oxygen atoms in total. The molecule has 0 unspecified atom stereocenters. The van der Waals surface area contributed by atoms with E-state index in [-0.39, 0.29) is 7.92 Å². The lowest BCUT2D eigenvalue weighted by Gasteiger charge is -2.48. The second kappa shape index (κ2) is 7.55. The molecule has 0 aromatic heterocycles. The Kier molecular flexibility index (Phi) is 7.15. The van der Waals surface area contributed by atoms with Crippen LogP contribution in [0, 0.1) is 0 Å². The molecule has 6 heteroatoms. The topological polar surface area (TPSA) is 24.5 Å². The van der Waals surface area contributed by atoms with Crippen LogP contribution in [0.4, 0.5) is 0 Å². The summed E-state index contributed by atoms with van der Waals surface area (Å²) in [7, 11) is -3.02. The predicted octanol–water partition coefficient (Wildman–Crippen LogP) is 4.43. The lowest BCUT2D eigenvalue weighted by Crippen LogP contribution is -2.70. The molecule has 0 spiro atoms. The van der Waals surface area contributed by atoms with Gasteiger partial charge in [-0.25, -0.2) is 0 Å². The Balaban J connectivity index is 2.84. The monoisotopic (exact) mass is 376 g/mol. The van der Waals surface area contributed by atoms with Gasteiger partial charge in [-0.15, -0.1) is 0 Å². The normalized spacial score (nSPS) is 19.4. The molecule has 138 valence electrons. The van der Waals surface area contributed by atoms with Crippen LogP contribution < -0.4 is 4.65 Å². The van der Waals surface area contributed by atoms with Crippen LogP contribution in [0.5, 0.6) is 0 Å². The van der Waals surface area contributed by atoms with E-state index in [1.165, 1.54) is 5.79 Å². The molecule has 1 N–H and O–H groups in total. The van der Waals surface area contributed by atoms with Crippen LogP contribution in [0.25, 0.3) is 0 Å². The maximum absolute atomic E-state index is 5.55. The third-order valence-electron chi connectivity index (χ3n) is 4.62. The molecule has 1 aliphatic rings. The van der Waals surface area contributed by atoms with Gasteiger partial charge in [-0.3, -0.25) is 0 Å². The first-order valence-corrected chi connectivity index (χ1v) is 16.7. The van der Waals surface area contributed by atoms with Crippen LogP contribution in [-0.4, -0.2) is 63.6 Å². The van der Waals surface area contributed by atoms with Crippen molar-refractivity contribution in [3.05, 3.63) is 0 Å². The number of morpholine rings is 1. The smallest absolute Gasteiger partial charge is 0.191 e. The lowest BCUT2D eigenvalue weighted by atomic mass is 10.2. The molecule has 1 aliphatic heterocycles. The fourth-order valence-electron chi connectivity index (χ4n) is 3.94. The molecular formula is C17H41N2OPSi2. The predicted molar refractivity (Wildman–Crippen MR) is 112 cm³/mol. The summed E-state index contributed by atoms with van der Waals surface area (Å²) in [4.78, 5) is 0. The van der Waals surface area contributed by atoms with E-state index in [4.69, 9.17) is 4.74 Å². The van der Waals surface area contributed by atoms with Gasteiger partial charge in [-0.05, 0) is 29.2 Å². The van der Waals surface area contributed by atoms with Gasteiger partial charge in [0.15, 0.2) is 8.40 Å². The third kappa shape index (κ3) is 6.87. The highest BCUT2D eigenvalue weighted by atomic mass is 31.1. The molecular weight excluding hydrogens is 335 g/mol. The van der Waals surface area contributed by atoms with Crippen LogP contribution in [-0.2, 0) is 4.74 Å². The van der Waals surface area contributed by atoms with Gasteiger partial charge >= 0.3 is 0 Å². The zero-order valence-corrected chi connectivity index (χ0v) is 20.2. The van der Waals surface area contributed by atoms with Crippen LogP contribution in [0.15, 0.2) is 0 Å². The van der Waals surface area contributed by atoms with Crippen molar-refractivity contribution in [3.63, 3.8) is 0 Å². The van der Waals surface area contributed by atoms with E-state index in [0.717, 1.165) is 26.3 Å². The number of nitrogens with zero attached hydrogens (tertiary/aromatic N) is 1. The Morgan fingerprint density at radius 1 is 0.913 bits per heavy atom. The molecule has 1 fully saturated rings. The number of hydrogen-bond donors (Lipinski definition) is 1. The van der Waals surface area contributed by atoms with Crippen LogP contribution in [0.1, 0.15) is 41.5 Å². The minimum atomic E-state index is -1.55. The van der Waals surface area contributed by atoms with Crippen LogP contribution in [0.2, 0.25) is 26.2 Å². The minimum absolute atomic E-state index is 0.0230. The van der Waals surface area contributed by atoms with Crippen molar-refractivity contribution in [2.24, 2.45) is 0 Å². The highest BCUT2D eigenvalue weighted by molar-refractivity contribution is 7.63. The van der Waals surface area contributed by atoms with E-state index in [1.54, 1.807) is 0 Å². The molecule has 0 amide bonds. The molecule has 1 heterocycles. The zero-order valence-electron chi connectivity index (χ0n) is 17.3. The molecule has 0 atom stereocenters. The van der Waals surface area contributed by atoms with Gasteiger partial charge in [0, 0.05) is 13.1 Å². The maximum atomic E-state index is 5.55. The molecule has 0 aromatic rings. The van der Waals surface area contributed by atoms with Crippen LogP contribution >= 0.6 is 7.92 Å². The van der Waals surface area contributed by atoms with Gasteiger partial charge in [0.2, 0.25) is 0 Å². The summed E-state index contributed by atoms with van der Waals surface area (Å²) < 4.78 is 12.5. The van der Waals surface area contributed by atoms with E-state index in [2.05, 4.69) is 76.9 Å². The van der Waals surface area contributed by atoms with Crippen molar-refractivity contribution in [1.82, 2.24) is 9.21 Å². The second-order valence-corrected chi connectivity index (χ2v) is 23.4. The average molecular weight is 377 g/mol. The van der Waals surface area contributed by atoms with E-state index in [0.29, 0.717) is 10.3 Å². The van der Waals surface area contributed by atoms with Crippen molar-refractivity contribution in [1.29, 1.82) is 0 Å². The third-order valence-corrected chi connectivity index (χ3v) is 19.5. The Morgan fingerprint density at radius 2 is 1.35 bits per heavy atom. The van der Waals surface area contributed by atoms with Crippen molar-refractivity contribution in [3.8, 4) is 0 Å². The Labute approximate surface area is 148 Å². The Bertz CT molecular complexity index is 369. The first-order chi connectivity index (χ1) is 10.2. The number of nitrogens with one attached hydrogen (secondary N) is 1. The lowest BCUT2D eigenvalue weighted by molar-refractivity contribution is 0.0684. The SMILES string of the molecule is CC(C)(C)P(C[Si](C)(C)N[Si](C)(C)N1CCOCC1)C(C)(C)C. The van der Waals surface area contributed by atoms with Crippen molar-refractivity contribution in [2.45, 2.75) is 78.0 Å². The average Bonchev–Trinajstić information content (AvgIpc) is 2.33. The van der Waals surface area contributed by atoms with Crippen molar-refractivity contribution in [2.75, 3.05) is 32.1 Å². The Hall–Kier alpha value is 0.744. The molecule has 23 heavy (non-hydrogen) atoms. The fourth-order valence-corrected chi connectivity index (χ4v) is 22.5. The van der Waals surface area contributed by atoms with E-state index >= 15 is 0 Å². The summed E-state index contributed by atoms with van der Waals surface area (Å²) in [6.45, 7) is 28.7. The van der Waals surface area contributed by atoms with E-state index in [9.17, 15) is 0 Å². The molecule has 1 saturated heterocycles. The van der Waals surface area contributed by atoms with Gasteiger partial charge in [-0.1, -0.05) is 62.6 Å². The van der Waals surface area contributed by atoms with Gasteiger partial charge in [0.1, 0.15) is 8.24 Å². The van der Waals surface area contributed by atoms with Crippen LogP contribution in [0.3, 0.4) is 0 Å². The van der Waals surface area contributed by atoms with Gasteiger partial charge in [0.25, 0.3) is 0 Å². The van der Waals surface area contributed by atoms with Gasteiger partial charge < -0.3 is 14.0 Å². The molecule has 0 bridgehead atoms. The first kappa shape index (κ1) is 21.8. The summed E-state index contributed by atoms with van der Waals surface area (Å²) in [5.74, 6) is 1.41. The molecule has 1 rings (SSSR count). The van der Waals surface area contributed by atoms with E-state index < -0.39 is 16.6 Å². The summed E-state index contributed by atoms with van der Waals surface area (Å²) >= 11 is 0. The summed E-state index contributed by atoms with van der Waals surface area (Å²) in [6.07, 6.45) is 0. The fraction of sp³-hybridized carbons (Fsp3) is 1.00. The maximum Gasteiger partial charge on any atom is 0.191 e. The van der Waals surface area contributed by atoms with E-state index in [1.807, 2.05) is 0 Å². The van der Waals surface area contributed by atoms with Gasteiger partial charge in [-0.2, -0.15) is 0 Å².